The third-order valence-electron chi connectivity index (χ3n) is 4.42. The molecule has 0 bridgehead atoms. The number of benzene rings is 1. The summed E-state index contributed by atoms with van der Waals surface area (Å²) in [7, 11) is 0. The second kappa shape index (κ2) is 12.2. The van der Waals surface area contributed by atoms with E-state index in [0.717, 1.165) is 25.2 Å². The molecule has 1 aliphatic heterocycles. The highest BCUT2D eigenvalue weighted by molar-refractivity contribution is 14.0. The standard InChI is InChI=1S/C23H37N5O2.HI/c1-7-24-20(26-17-23(5,6)27-21(29)30-22(2,3)4)25-16-18-10-12-19(13-11-18)28-14-8-9-15-28;/h8-13H,7,14-17H2,1-6H3,(H,27,29)(H2,24,25,26);1H. The first-order valence-corrected chi connectivity index (χ1v) is 10.6. The van der Waals surface area contributed by atoms with Crippen molar-refractivity contribution in [3.05, 3.63) is 42.0 Å². The first kappa shape index (κ1) is 27.1. The maximum Gasteiger partial charge on any atom is 0.408 e. The van der Waals surface area contributed by atoms with Gasteiger partial charge in [0.2, 0.25) is 0 Å². The molecule has 1 aromatic carbocycles. The van der Waals surface area contributed by atoms with Crippen molar-refractivity contribution < 1.29 is 9.53 Å². The maximum absolute atomic E-state index is 12.1. The van der Waals surface area contributed by atoms with Gasteiger partial charge in [-0.05, 0) is 59.2 Å². The Kier molecular flexibility index (Phi) is 10.6. The molecule has 7 nitrogen and oxygen atoms in total. The quantitative estimate of drug-likeness (QED) is 0.210. The monoisotopic (exact) mass is 543 g/mol. The molecule has 0 saturated carbocycles. The summed E-state index contributed by atoms with van der Waals surface area (Å²) in [5.74, 6) is 0.712. The molecule has 174 valence electrons. The Morgan fingerprint density at radius 3 is 2.23 bits per heavy atom. The Balaban J connectivity index is 0.00000480. The molecular formula is C23H38IN5O2. The maximum atomic E-state index is 12.1. The van der Waals surface area contributed by atoms with Gasteiger partial charge in [0.25, 0.3) is 0 Å². The number of nitrogens with zero attached hydrogens (tertiary/aromatic N) is 2. The summed E-state index contributed by atoms with van der Waals surface area (Å²) in [6.07, 6.45) is 3.95. The minimum absolute atomic E-state index is 0. The molecule has 0 aromatic heterocycles. The van der Waals surface area contributed by atoms with Crippen molar-refractivity contribution in [1.29, 1.82) is 0 Å². The van der Waals surface area contributed by atoms with Crippen LogP contribution in [-0.2, 0) is 11.3 Å². The minimum atomic E-state index is -0.523. The van der Waals surface area contributed by atoms with Crippen molar-refractivity contribution in [2.45, 2.75) is 59.2 Å². The fourth-order valence-electron chi connectivity index (χ4n) is 2.94. The second-order valence-electron chi connectivity index (χ2n) is 9.10. The van der Waals surface area contributed by atoms with Crippen LogP contribution in [0.2, 0.25) is 0 Å². The van der Waals surface area contributed by atoms with Crippen LogP contribution in [0, 0.1) is 0 Å². The summed E-state index contributed by atoms with van der Waals surface area (Å²) in [6, 6.07) is 8.53. The molecule has 8 heteroatoms. The number of alkyl carbamates (subject to hydrolysis) is 1. The van der Waals surface area contributed by atoms with E-state index in [1.54, 1.807) is 0 Å². The van der Waals surface area contributed by atoms with Crippen LogP contribution in [0.4, 0.5) is 10.5 Å². The predicted molar refractivity (Wildman–Crippen MR) is 139 cm³/mol. The van der Waals surface area contributed by atoms with Crippen LogP contribution in [0.25, 0.3) is 0 Å². The highest BCUT2D eigenvalue weighted by Gasteiger charge is 2.24. The molecule has 0 radical (unpaired) electrons. The molecule has 1 heterocycles. The SMILES string of the molecule is CCNC(=NCc1ccc(N2CC=CC2)cc1)NCC(C)(C)NC(=O)OC(C)(C)C.I. The zero-order valence-corrected chi connectivity index (χ0v) is 21.9. The number of hydrogen-bond acceptors (Lipinski definition) is 4. The van der Waals surface area contributed by atoms with Crippen LogP contribution in [0.3, 0.4) is 0 Å². The molecule has 0 unspecified atom stereocenters. The molecule has 2 rings (SSSR count). The lowest BCUT2D eigenvalue weighted by Gasteiger charge is -2.29. The molecule has 31 heavy (non-hydrogen) atoms. The summed E-state index contributed by atoms with van der Waals surface area (Å²) in [4.78, 5) is 19.1. The van der Waals surface area contributed by atoms with E-state index in [2.05, 4.69) is 62.3 Å². The molecule has 0 saturated heterocycles. The second-order valence-corrected chi connectivity index (χ2v) is 9.10. The highest BCUT2D eigenvalue weighted by atomic mass is 127. The van der Waals surface area contributed by atoms with E-state index in [1.165, 1.54) is 5.69 Å². The van der Waals surface area contributed by atoms with Gasteiger partial charge in [-0.15, -0.1) is 24.0 Å². The number of guanidine groups is 1. The van der Waals surface area contributed by atoms with Gasteiger partial charge >= 0.3 is 6.09 Å². The van der Waals surface area contributed by atoms with Gasteiger partial charge in [0.15, 0.2) is 5.96 Å². The van der Waals surface area contributed by atoms with E-state index >= 15 is 0 Å². The number of ether oxygens (including phenoxy) is 1. The molecule has 1 aliphatic rings. The van der Waals surface area contributed by atoms with Crippen LogP contribution in [0.1, 0.15) is 47.1 Å². The van der Waals surface area contributed by atoms with E-state index < -0.39 is 17.2 Å². The number of nitrogens with one attached hydrogen (secondary N) is 3. The lowest BCUT2D eigenvalue weighted by Crippen LogP contribution is -2.54. The van der Waals surface area contributed by atoms with Crippen molar-refractivity contribution in [1.82, 2.24) is 16.0 Å². The first-order chi connectivity index (χ1) is 14.1. The smallest absolute Gasteiger partial charge is 0.408 e. The molecule has 0 spiro atoms. The molecular weight excluding hydrogens is 505 g/mol. The van der Waals surface area contributed by atoms with Crippen molar-refractivity contribution in [3.8, 4) is 0 Å². The zero-order chi connectivity index (χ0) is 22.2. The Morgan fingerprint density at radius 1 is 1.06 bits per heavy atom. The number of halogens is 1. The molecule has 1 aromatic rings. The zero-order valence-electron chi connectivity index (χ0n) is 19.6. The van der Waals surface area contributed by atoms with Gasteiger partial charge in [-0.25, -0.2) is 9.79 Å². The van der Waals surface area contributed by atoms with Crippen LogP contribution < -0.4 is 20.9 Å². The fourth-order valence-corrected chi connectivity index (χ4v) is 2.94. The fraction of sp³-hybridized carbons (Fsp3) is 0.565. The average Bonchev–Trinajstić information content (AvgIpc) is 3.17. The summed E-state index contributed by atoms with van der Waals surface area (Å²) >= 11 is 0. The van der Waals surface area contributed by atoms with Crippen LogP contribution in [-0.4, -0.2) is 49.4 Å². The number of hydrogen-bond donors (Lipinski definition) is 3. The van der Waals surface area contributed by atoms with E-state index in [-0.39, 0.29) is 24.0 Å². The van der Waals surface area contributed by atoms with Crippen molar-refractivity contribution >= 4 is 41.7 Å². The molecule has 0 atom stereocenters. The van der Waals surface area contributed by atoms with Gasteiger partial charge in [0, 0.05) is 31.9 Å². The Morgan fingerprint density at radius 2 is 1.68 bits per heavy atom. The number of carbonyl (C=O) groups is 1. The highest BCUT2D eigenvalue weighted by Crippen LogP contribution is 2.18. The Bertz CT molecular complexity index is 746. The number of amides is 1. The molecule has 3 N–H and O–H groups in total. The number of carbonyl (C=O) groups excluding carboxylic acids is 1. The van der Waals surface area contributed by atoms with Crippen molar-refractivity contribution in [3.63, 3.8) is 0 Å². The minimum Gasteiger partial charge on any atom is -0.444 e. The van der Waals surface area contributed by atoms with Gasteiger partial charge in [0.1, 0.15) is 5.60 Å². The predicted octanol–water partition coefficient (Wildman–Crippen LogP) is 4.04. The topological polar surface area (TPSA) is 78.0 Å². The number of anilines is 1. The van der Waals surface area contributed by atoms with Gasteiger partial charge < -0.3 is 25.6 Å². The van der Waals surface area contributed by atoms with Crippen molar-refractivity contribution in [2.75, 3.05) is 31.1 Å². The first-order valence-electron chi connectivity index (χ1n) is 10.6. The summed E-state index contributed by atoms with van der Waals surface area (Å²) in [5.41, 5.74) is 1.36. The largest absolute Gasteiger partial charge is 0.444 e. The Hall–Kier alpha value is -1.97. The van der Waals surface area contributed by atoms with Crippen LogP contribution >= 0.6 is 24.0 Å². The molecule has 0 fully saturated rings. The summed E-state index contributed by atoms with van der Waals surface area (Å²) in [5, 5.41) is 9.46. The van der Waals surface area contributed by atoms with Crippen molar-refractivity contribution in [2.24, 2.45) is 4.99 Å². The van der Waals surface area contributed by atoms with Crippen LogP contribution in [0.5, 0.6) is 0 Å². The lowest BCUT2D eigenvalue weighted by atomic mass is 10.1. The molecule has 0 aliphatic carbocycles. The van der Waals surface area contributed by atoms with Gasteiger partial charge in [0.05, 0.1) is 12.1 Å². The third-order valence-corrected chi connectivity index (χ3v) is 4.42. The van der Waals surface area contributed by atoms with Gasteiger partial charge in [-0.1, -0.05) is 24.3 Å². The van der Waals surface area contributed by atoms with E-state index in [9.17, 15) is 4.79 Å². The molecule has 1 amide bonds. The lowest BCUT2D eigenvalue weighted by molar-refractivity contribution is 0.0474. The van der Waals surface area contributed by atoms with E-state index in [0.29, 0.717) is 19.0 Å². The van der Waals surface area contributed by atoms with E-state index in [1.807, 2.05) is 41.5 Å². The third kappa shape index (κ3) is 10.3. The van der Waals surface area contributed by atoms with Gasteiger partial charge in [-0.2, -0.15) is 0 Å². The average molecular weight is 543 g/mol. The normalized spacial score (nSPS) is 14.1. The van der Waals surface area contributed by atoms with E-state index in [4.69, 9.17) is 4.74 Å². The summed E-state index contributed by atoms with van der Waals surface area (Å²) < 4.78 is 5.35. The number of rotatable bonds is 7. The van der Waals surface area contributed by atoms with Gasteiger partial charge in [-0.3, -0.25) is 0 Å². The summed E-state index contributed by atoms with van der Waals surface area (Å²) in [6.45, 7) is 15.3. The number of aliphatic imine (C=N–C) groups is 1. The van der Waals surface area contributed by atoms with Crippen LogP contribution in [0.15, 0.2) is 41.4 Å². The Labute approximate surface area is 204 Å².